The van der Waals surface area contributed by atoms with Crippen molar-refractivity contribution in [3.05, 3.63) is 86.0 Å². The Morgan fingerprint density at radius 1 is 0.529 bits per heavy atom. The molecule has 0 saturated heterocycles. The predicted molar refractivity (Wildman–Crippen MR) is 188 cm³/mol. The average Bonchev–Trinajstić information content (AvgIpc) is 3.10. The van der Waals surface area contributed by atoms with Gasteiger partial charge in [0.2, 0.25) is 5.78 Å². The maximum absolute atomic E-state index is 13.9. The summed E-state index contributed by atoms with van der Waals surface area (Å²) in [5.74, 6) is -7.03. The normalized spacial score (nSPS) is 11.0. The first kappa shape index (κ1) is 37.9. The summed E-state index contributed by atoms with van der Waals surface area (Å²) in [7, 11) is 2.53. The summed E-state index contributed by atoms with van der Waals surface area (Å²) in [5, 5.41) is 80.1. The Morgan fingerprint density at radius 3 is 1.24 bits per heavy atom. The van der Waals surface area contributed by atoms with Gasteiger partial charge >= 0.3 is 0 Å². The number of Topliss-reactive ketones (excluding diaryl/α,β-unsaturated/α-hetero) is 2. The topological polar surface area (TPSA) is 211 Å². The molecule has 51 heavy (non-hydrogen) atoms. The summed E-state index contributed by atoms with van der Waals surface area (Å²) in [6.45, 7) is 6.41. The lowest BCUT2D eigenvalue weighted by atomic mass is 9.86. The summed E-state index contributed by atoms with van der Waals surface area (Å²) in [6.07, 6.45) is -0.425. The van der Waals surface area contributed by atoms with E-state index in [2.05, 4.69) is 0 Å². The maximum atomic E-state index is 13.9. The van der Waals surface area contributed by atoms with Crippen LogP contribution in [0.2, 0.25) is 0 Å². The van der Waals surface area contributed by atoms with Gasteiger partial charge in [-0.2, -0.15) is 0 Å². The number of ether oxygens (including phenoxy) is 2. The van der Waals surface area contributed by atoms with E-state index in [0.717, 1.165) is 0 Å². The van der Waals surface area contributed by atoms with Gasteiger partial charge in [-0.3, -0.25) is 14.4 Å². The fourth-order valence-electron chi connectivity index (χ4n) is 6.31. The number of methoxy groups -OCH3 is 2. The molecule has 12 heteroatoms. The molecule has 4 rings (SSSR count). The van der Waals surface area contributed by atoms with Crippen LogP contribution in [0.25, 0.3) is 0 Å². The smallest absolute Gasteiger partial charge is 0.200 e. The second kappa shape index (κ2) is 15.3. The van der Waals surface area contributed by atoms with Crippen molar-refractivity contribution in [1.82, 2.24) is 0 Å². The molecule has 0 spiro atoms. The van der Waals surface area contributed by atoms with E-state index in [1.165, 1.54) is 40.2 Å². The quantitative estimate of drug-likeness (QED) is 0.0690. The summed E-state index contributed by atoms with van der Waals surface area (Å²) >= 11 is 0. The van der Waals surface area contributed by atoms with Gasteiger partial charge in [0.15, 0.2) is 11.6 Å². The molecular formula is C39H42O12. The van der Waals surface area contributed by atoms with E-state index in [-0.39, 0.29) is 63.3 Å². The molecule has 0 fully saturated rings. The van der Waals surface area contributed by atoms with Crippen LogP contribution in [-0.4, -0.2) is 67.3 Å². The van der Waals surface area contributed by atoms with Crippen molar-refractivity contribution < 1.29 is 59.6 Å². The molecule has 0 aromatic heterocycles. The van der Waals surface area contributed by atoms with E-state index in [1.807, 2.05) is 0 Å². The van der Waals surface area contributed by atoms with Crippen LogP contribution in [0.5, 0.6) is 51.7 Å². The molecule has 0 atom stereocenters. The molecule has 0 heterocycles. The molecule has 4 aromatic rings. The van der Waals surface area contributed by atoms with Gasteiger partial charge < -0.3 is 45.2 Å². The summed E-state index contributed by atoms with van der Waals surface area (Å²) in [5.41, 5.74) is -2.41. The zero-order valence-electron chi connectivity index (χ0n) is 29.3. The minimum atomic E-state index is -0.894. The maximum Gasteiger partial charge on any atom is 0.200 e. The van der Waals surface area contributed by atoms with E-state index in [4.69, 9.17) is 9.47 Å². The lowest BCUT2D eigenvalue weighted by Crippen LogP contribution is -2.10. The molecule has 12 nitrogen and oxygen atoms in total. The Balaban J connectivity index is 2.08. The first-order valence-corrected chi connectivity index (χ1v) is 16.3. The summed E-state index contributed by atoms with van der Waals surface area (Å²) in [4.78, 5) is 40.1. The van der Waals surface area contributed by atoms with Gasteiger partial charge in [0.1, 0.15) is 68.4 Å². The molecule has 0 aliphatic heterocycles. The predicted octanol–water partition coefficient (Wildman–Crippen LogP) is 6.64. The fraction of sp³-hybridized carbons (Fsp3) is 0.308. The number of carbonyl (C=O) groups is 3. The van der Waals surface area contributed by atoms with Crippen LogP contribution in [0.15, 0.2) is 30.3 Å². The first-order chi connectivity index (χ1) is 24.2. The third-order valence-electron chi connectivity index (χ3n) is 8.97. The molecular weight excluding hydrogens is 660 g/mol. The Morgan fingerprint density at radius 2 is 0.882 bits per heavy atom. The van der Waals surface area contributed by atoms with E-state index in [1.54, 1.807) is 32.0 Å². The Kier molecular flexibility index (Phi) is 11.4. The van der Waals surface area contributed by atoms with Crippen molar-refractivity contribution in [2.24, 2.45) is 0 Å². The van der Waals surface area contributed by atoms with Crippen LogP contribution in [0.4, 0.5) is 0 Å². The fourth-order valence-corrected chi connectivity index (χ4v) is 6.31. The number of benzene rings is 4. The number of rotatable bonds is 14. The molecule has 0 saturated carbocycles. The highest BCUT2D eigenvalue weighted by Gasteiger charge is 2.34. The summed E-state index contributed by atoms with van der Waals surface area (Å²) in [6, 6.07) is 7.62. The van der Waals surface area contributed by atoms with Crippen molar-refractivity contribution in [2.45, 2.75) is 66.2 Å². The molecule has 0 bridgehead atoms. The number of ketones is 3. The van der Waals surface area contributed by atoms with Gasteiger partial charge in [0.25, 0.3) is 0 Å². The van der Waals surface area contributed by atoms with Crippen molar-refractivity contribution >= 4 is 17.3 Å². The number of aromatic hydroxyl groups is 7. The monoisotopic (exact) mass is 702 g/mol. The van der Waals surface area contributed by atoms with Crippen LogP contribution >= 0.6 is 0 Å². The molecule has 7 N–H and O–H groups in total. The highest BCUT2D eigenvalue weighted by atomic mass is 16.5. The van der Waals surface area contributed by atoms with E-state index in [9.17, 15) is 50.1 Å². The van der Waals surface area contributed by atoms with E-state index in [0.29, 0.717) is 12.8 Å². The van der Waals surface area contributed by atoms with Gasteiger partial charge in [0, 0.05) is 64.6 Å². The molecule has 4 aromatic carbocycles. The van der Waals surface area contributed by atoms with Crippen LogP contribution in [-0.2, 0) is 12.8 Å². The van der Waals surface area contributed by atoms with Crippen LogP contribution in [0, 0.1) is 13.8 Å². The number of phenolic OH excluding ortho intramolecular Hbond substituents is 7. The van der Waals surface area contributed by atoms with Gasteiger partial charge in [-0.15, -0.1) is 0 Å². The highest BCUT2D eigenvalue weighted by Crippen LogP contribution is 2.51. The minimum absolute atomic E-state index is 0.0279. The van der Waals surface area contributed by atoms with Gasteiger partial charge in [-0.05, 0) is 26.7 Å². The second-order valence-corrected chi connectivity index (χ2v) is 12.2. The standard InChI is InChI=1S/C39H42O12/c1-7-12-25(40)27-34(46)21(30(42)18(3)38(27)50-5)16-23-33(45)24(37(49)29(36(23)48)32(44)20-14-10-9-11-15-20)17-22-31(43)19(4)39(51-6)28(35(22)47)26(41)13-8-2/h9-11,14-15,42-43,45-49H,7-8,12-13,16-17H2,1-6H3. The molecule has 0 aliphatic rings. The van der Waals surface area contributed by atoms with Crippen molar-refractivity contribution in [3.8, 4) is 51.7 Å². The highest BCUT2D eigenvalue weighted by molar-refractivity contribution is 6.13. The number of carbonyl (C=O) groups excluding carboxylic acids is 3. The lowest BCUT2D eigenvalue weighted by Gasteiger charge is -2.22. The second-order valence-electron chi connectivity index (χ2n) is 12.2. The van der Waals surface area contributed by atoms with Crippen LogP contribution in [0.3, 0.4) is 0 Å². The summed E-state index contributed by atoms with van der Waals surface area (Å²) < 4.78 is 10.7. The van der Waals surface area contributed by atoms with Gasteiger partial charge in [-0.1, -0.05) is 44.2 Å². The lowest BCUT2D eigenvalue weighted by molar-refractivity contribution is 0.0966. The van der Waals surface area contributed by atoms with Crippen LogP contribution < -0.4 is 9.47 Å². The zero-order valence-corrected chi connectivity index (χ0v) is 29.3. The first-order valence-electron chi connectivity index (χ1n) is 16.3. The Labute approximate surface area is 294 Å². The molecule has 0 amide bonds. The van der Waals surface area contributed by atoms with E-state index >= 15 is 0 Å². The third kappa shape index (κ3) is 6.69. The number of phenols is 7. The zero-order chi connectivity index (χ0) is 37.9. The molecule has 0 unspecified atom stereocenters. The molecule has 270 valence electrons. The molecule has 0 radical (unpaired) electrons. The van der Waals surface area contributed by atoms with Crippen molar-refractivity contribution in [3.63, 3.8) is 0 Å². The molecule has 0 aliphatic carbocycles. The minimum Gasteiger partial charge on any atom is -0.507 e. The van der Waals surface area contributed by atoms with Crippen molar-refractivity contribution in [2.75, 3.05) is 14.2 Å². The number of hydrogen-bond donors (Lipinski definition) is 7. The Hall–Kier alpha value is -5.91. The van der Waals surface area contributed by atoms with Gasteiger partial charge in [-0.25, -0.2) is 0 Å². The number of hydrogen-bond acceptors (Lipinski definition) is 12. The third-order valence-corrected chi connectivity index (χ3v) is 8.97. The largest absolute Gasteiger partial charge is 0.507 e. The van der Waals surface area contributed by atoms with E-state index < -0.39 is 87.1 Å². The van der Waals surface area contributed by atoms with Crippen molar-refractivity contribution in [1.29, 1.82) is 0 Å². The van der Waals surface area contributed by atoms with Crippen LogP contribution in [0.1, 0.15) is 110 Å². The Bertz CT molecular complexity index is 1910. The van der Waals surface area contributed by atoms with Gasteiger partial charge in [0.05, 0.1) is 14.2 Å². The SMILES string of the molecule is CCCC(=O)c1c(O)c(Cc2c(O)c(Cc3c(O)c(C)c(OC)c(C(=O)CCC)c3O)c(O)c(C(=O)c3ccccc3)c2O)c(O)c(C)c1OC. The average molecular weight is 703 g/mol.